The Labute approximate surface area is 141 Å². The second-order valence-electron chi connectivity index (χ2n) is 5.04. The van der Waals surface area contributed by atoms with Gasteiger partial charge in [-0.1, -0.05) is 35.9 Å². The van der Waals surface area contributed by atoms with Crippen molar-refractivity contribution in [2.24, 2.45) is 0 Å². The van der Waals surface area contributed by atoms with E-state index in [0.29, 0.717) is 31.0 Å². The number of nitrogens with one attached hydrogen (secondary N) is 1. The Morgan fingerprint density at radius 2 is 1.83 bits per heavy atom. The fourth-order valence-corrected chi connectivity index (χ4v) is 2.35. The van der Waals surface area contributed by atoms with Gasteiger partial charge in [-0.25, -0.2) is 4.79 Å². The monoisotopic (exact) mass is 333 g/mol. The maximum absolute atomic E-state index is 11.6. The van der Waals surface area contributed by atoms with E-state index in [9.17, 15) is 4.79 Å². The number of carbonyl (C=O) groups excluding carboxylic acids is 1. The van der Waals surface area contributed by atoms with Gasteiger partial charge in [0.15, 0.2) is 0 Å². The largest absolute Gasteiger partial charge is 0.497 e. The highest BCUT2D eigenvalue weighted by Gasteiger charge is 2.03. The number of halogens is 1. The molecule has 0 radical (unpaired) electrons. The van der Waals surface area contributed by atoms with Crippen molar-refractivity contribution in [3.63, 3.8) is 0 Å². The summed E-state index contributed by atoms with van der Waals surface area (Å²) < 4.78 is 10.3. The molecule has 0 bridgehead atoms. The van der Waals surface area contributed by atoms with E-state index in [2.05, 4.69) is 5.32 Å². The van der Waals surface area contributed by atoms with Crippen molar-refractivity contribution < 1.29 is 14.3 Å². The lowest BCUT2D eigenvalue weighted by atomic mass is 10.1. The average molecular weight is 334 g/mol. The number of benzene rings is 2. The molecule has 0 saturated heterocycles. The van der Waals surface area contributed by atoms with Crippen molar-refractivity contribution in [1.82, 2.24) is 5.32 Å². The van der Waals surface area contributed by atoms with Crippen LogP contribution in [-0.4, -0.2) is 26.4 Å². The summed E-state index contributed by atoms with van der Waals surface area (Å²) >= 11 is 5.91. The molecule has 0 unspecified atom stereocenters. The van der Waals surface area contributed by atoms with Crippen LogP contribution in [0.25, 0.3) is 0 Å². The minimum absolute atomic E-state index is 0.330. The second-order valence-corrected chi connectivity index (χ2v) is 5.48. The number of hydrogen-bond donors (Lipinski definition) is 1. The second kappa shape index (κ2) is 9.06. The van der Waals surface area contributed by atoms with Crippen LogP contribution in [0.4, 0.5) is 4.79 Å². The van der Waals surface area contributed by atoms with E-state index >= 15 is 0 Å². The lowest BCUT2D eigenvalue weighted by Crippen LogP contribution is -2.27. The summed E-state index contributed by atoms with van der Waals surface area (Å²) in [6, 6.07) is 15.3. The molecule has 0 aliphatic heterocycles. The van der Waals surface area contributed by atoms with E-state index in [1.807, 2.05) is 48.5 Å². The molecular weight excluding hydrogens is 314 g/mol. The molecule has 0 aliphatic carbocycles. The van der Waals surface area contributed by atoms with Crippen LogP contribution in [0.3, 0.4) is 0 Å². The van der Waals surface area contributed by atoms with Crippen molar-refractivity contribution in [2.45, 2.75) is 12.8 Å². The van der Waals surface area contributed by atoms with Crippen LogP contribution in [0.15, 0.2) is 48.5 Å². The summed E-state index contributed by atoms with van der Waals surface area (Å²) in [5.74, 6) is 0.800. The van der Waals surface area contributed by atoms with Crippen molar-refractivity contribution in [2.75, 3.05) is 20.3 Å². The third-order valence-electron chi connectivity index (χ3n) is 3.33. The SMILES string of the molecule is COc1cccc(CCOC(=O)NCCc2cccc(Cl)c2)c1. The van der Waals surface area contributed by atoms with E-state index in [1.165, 1.54) is 0 Å². The van der Waals surface area contributed by atoms with Crippen LogP contribution < -0.4 is 10.1 Å². The van der Waals surface area contributed by atoms with Gasteiger partial charge in [0.2, 0.25) is 0 Å². The quantitative estimate of drug-likeness (QED) is 0.837. The smallest absolute Gasteiger partial charge is 0.407 e. The average Bonchev–Trinajstić information content (AvgIpc) is 2.55. The normalized spacial score (nSPS) is 10.2. The van der Waals surface area contributed by atoms with Crippen LogP contribution >= 0.6 is 11.6 Å². The molecule has 0 atom stereocenters. The summed E-state index contributed by atoms with van der Waals surface area (Å²) in [7, 11) is 1.63. The van der Waals surface area contributed by atoms with Crippen molar-refractivity contribution >= 4 is 17.7 Å². The molecule has 0 spiro atoms. The zero-order valence-corrected chi connectivity index (χ0v) is 13.8. The molecule has 0 aliphatic rings. The first-order chi connectivity index (χ1) is 11.2. The topological polar surface area (TPSA) is 47.6 Å². The first kappa shape index (κ1) is 17.2. The Hall–Kier alpha value is -2.20. The van der Waals surface area contributed by atoms with Crippen LogP contribution in [0, 0.1) is 0 Å². The van der Waals surface area contributed by atoms with Crippen molar-refractivity contribution in [1.29, 1.82) is 0 Å². The molecule has 2 rings (SSSR count). The van der Waals surface area contributed by atoms with Gasteiger partial charge in [-0.05, 0) is 41.8 Å². The molecule has 122 valence electrons. The lowest BCUT2D eigenvalue weighted by Gasteiger charge is -2.08. The number of rotatable bonds is 7. The molecule has 1 N–H and O–H groups in total. The van der Waals surface area contributed by atoms with Crippen molar-refractivity contribution in [3.05, 3.63) is 64.7 Å². The van der Waals surface area contributed by atoms with E-state index in [1.54, 1.807) is 7.11 Å². The first-order valence-electron chi connectivity index (χ1n) is 7.45. The summed E-state index contributed by atoms with van der Waals surface area (Å²) in [6.07, 6.45) is 0.958. The molecule has 2 aromatic rings. The number of carbonyl (C=O) groups is 1. The van der Waals surface area contributed by atoms with E-state index in [0.717, 1.165) is 16.9 Å². The molecule has 4 nitrogen and oxygen atoms in total. The van der Waals surface area contributed by atoms with Gasteiger partial charge in [-0.15, -0.1) is 0 Å². The number of hydrogen-bond acceptors (Lipinski definition) is 3. The molecule has 0 saturated carbocycles. The summed E-state index contributed by atoms with van der Waals surface area (Å²) in [5, 5.41) is 3.43. The van der Waals surface area contributed by atoms with Crippen LogP contribution in [-0.2, 0) is 17.6 Å². The molecule has 23 heavy (non-hydrogen) atoms. The van der Waals surface area contributed by atoms with Crippen LogP contribution in [0.5, 0.6) is 5.75 Å². The summed E-state index contributed by atoms with van der Waals surface area (Å²) in [6.45, 7) is 0.842. The molecular formula is C18H20ClNO3. The van der Waals surface area contributed by atoms with Gasteiger partial charge in [-0.3, -0.25) is 0 Å². The van der Waals surface area contributed by atoms with E-state index < -0.39 is 6.09 Å². The predicted octanol–water partition coefficient (Wildman–Crippen LogP) is 3.86. The summed E-state index contributed by atoms with van der Waals surface area (Å²) in [5.41, 5.74) is 2.14. The lowest BCUT2D eigenvalue weighted by molar-refractivity contribution is 0.147. The molecule has 5 heteroatoms. The fourth-order valence-electron chi connectivity index (χ4n) is 2.14. The van der Waals surface area contributed by atoms with Gasteiger partial charge in [0, 0.05) is 18.0 Å². The van der Waals surface area contributed by atoms with Gasteiger partial charge in [0.25, 0.3) is 0 Å². The van der Waals surface area contributed by atoms with Crippen LogP contribution in [0.1, 0.15) is 11.1 Å². The third-order valence-corrected chi connectivity index (χ3v) is 3.57. The number of ether oxygens (including phenoxy) is 2. The molecule has 0 aromatic heterocycles. The number of methoxy groups -OCH3 is 1. The van der Waals surface area contributed by atoms with Gasteiger partial charge >= 0.3 is 6.09 Å². The van der Waals surface area contributed by atoms with E-state index in [4.69, 9.17) is 21.1 Å². The highest BCUT2D eigenvalue weighted by Crippen LogP contribution is 2.13. The molecule has 0 fully saturated rings. The molecule has 0 heterocycles. The Kier molecular flexibility index (Phi) is 6.76. The number of amides is 1. The predicted molar refractivity (Wildman–Crippen MR) is 91.2 cm³/mol. The number of alkyl carbamates (subject to hydrolysis) is 1. The van der Waals surface area contributed by atoms with Gasteiger partial charge < -0.3 is 14.8 Å². The maximum Gasteiger partial charge on any atom is 0.407 e. The Morgan fingerprint density at radius 3 is 2.57 bits per heavy atom. The van der Waals surface area contributed by atoms with Gasteiger partial charge in [-0.2, -0.15) is 0 Å². The minimum Gasteiger partial charge on any atom is -0.497 e. The Bertz CT molecular complexity index is 646. The highest BCUT2D eigenvalue weighted by atomic mass is 35.5. The third kappa shape index (κ3) is 6.20. The Morgan fingerprint density at radius 1 is 1.09 bits per heavy atom. The standard InChI is InChI=1S/C18H20ClNO3/c1-22-17-7-3-5-15(13-17)9-11-23-18(21)20-10-8-14-4-2-6-16(19)12-14/h2-7,12-13H,8-11H2,1H3,(H,20,21). The zero-order chi connectivity index (χ0) is 16.5. The Balaban J connectivity index is 1.65. The van der Waals surface area contributed by atoms with Crippen LogP contribution in [0.2, 0.25) is 5.02 Å². The maximum atomic E-state index is 11.6. The summed E-state index contributed by atoms with van der Waals surface area (Å²) in [4.78, 5) is 11.6. The minimum atomic E-state index is -0.407. The zero-order valence-electron chi connectivity index (χ0n) is 13.0. The fraction of sp³-hybridized carbons (Fsp3) is 0.278. The van der Waals surface area contributed by atoms with Gasteiger partial charge in [0.05, 0.1) is 13.7 Å². The van der Waals surface area contributed by atoms with E-state index in [-0.39, 0.29) is 0 Å². The van der Waals surface area contributed by atoms with Gasteiger partial charge in [0.1, 0.15) is 5.75 Å². The highest BCUT2D eigenvalue weighted by molar-refractivity contribution is 6.30. The molecule has 1 amide bonds. The van der Waals surface area contributed by atoms with Crippen molar-refractivity contribution in [3.8, 4) is 5.75 Å². The first-order valence-corrected chi connectivity index (χ1v) is 7.83. The molecule has 2 aromatic carbocycles.